The number of nitrogens with one attached hydrogen (secondary N) is 1. The van der Waals surface area contributed by atoms with Crippen molar-refractivity contribution < 1.29 is 14.3 Å². The lowest BCUT2D eigenvalue weighted by Gasteiger charge is -2.19. The Kier molecular flexibility index (Phi) is 7.71. The van der Waals surface area contributed by atoms with Crippen LogP contribution in [-0.4, -0.2) is 36.4 Å². The van der Waals surface area contributed by atoms with Gasteiger partial charge in [0.05, 0.1) is 5.02 Å². The van der Waals surface area contributed by atoms with Gasteiger partial charge in [-0.1, -0.05) is 17.7 Å². The van der Waals surface area contributed by atoms with E-state index in [2.05, 4.69) is 27.9 Å². The molecule has 0 heterocycles. The fourth-order valence-corrected chi connectivity index (χ4v) is 3.11. The summed E-state index contributed by atoms with van der Waals surface area (Å²) in [5.41, 5.74) is 1.12. The molecule has 26 heavy (non-hydrogen) atoms. The number of carbonyl (C=O) groups excluding carboxylic acids is 2. The van der Waals surface area contributed by atoms with Crippen LogP contribution in [0.1, 0.15) is 24.2 Å². The van der Waals surface area contributed by atoms with Gasteiger partial charge in [0.2, 0.25) is 0 Å². The first kappa shape index (κ1) is 20.5. The van der Waals surface area contributed by atoms with Crippen LogP contribution < -0.4 is 10.1 Å². The number of ether oxygens (including phenoxy) is 1. The van der Waals surface area contributed by atoms with E-state index < -0.39 is 0 Å². The zero-order chi connectivity index (χ0) is 19.1. The quantitative estimate of drug-likeness (QED) is 0.589. The Bertz CT molecular complexity index is 794. The highest BCUT2D eigenvalue weighted by molar-refractivity contribution is 14.1. The van der Waals surface area contributed by atoms with Gasteiger partial charge in [-0.15, -0.1) is 0 Å². The number of hydrogen-bond acceptors (Lipinski definition) is 3. The minimum atomic E-state index is -0.218. The zero-order valence-corrected chi connectivity index (χ0v) is 17.5. The third-order valence-corrected chi connectivity index (χ3v) is 4.71. The van der Waals surface area contributed by atoms with Crippen LogP contribution in [0.3, 0.4) is 0 Å². The summed E-state index contributed by atoms with van der Waals surface area (Å²) in [6.07, 6.45) is 0. The minimum Gasteiger partial charge on any atom is -0.482 e. The molecule has 2 aromatic rings. The molecule has 0 aromatic heterocycles. The Morgan fingerprint density at radius 1 is 1.15 bits per heavy atom. The standard InChI is InChI=1S/C19H20ClIN2O3/c1-3-23(4-2)18(24)12-26-17-9-8-15(11-16(17)20)22-19(25)13-6-5-7-14(21)10-13/h5-11H,3-4,12H2,1-2H3,(H,22,25). The van der Waals surface area contributed by atoms with Crippen molar-refractivity contribution in [2.24, 2.45) is 0 Å². The van der Waals surface area contributed by atoms with Gasteiger partial charge in [0, 0.05) is 27.9 Å². The monoisotopic (exact) mass is 486 g/mol. The van der Waals surface area contributed by atoms with Gasteiger partial charge in [0.25, 0.3) is 11.8 Å². The number of benzene rings is 2. The van der Waals surface area contributed by atoms with E-state index in [1.54, 1.807) is 35.2 Å². The maximum absolute atomic E-state index is 12.3. The van der Waals surface area contributed by atoms with Crippen LogP contribution in [0, 0.1) is 3.57 Å². The Morgan fingerprint density at radius 2 is 1.88 bits per heavy atom. The van der Waals surface area contributed by atoms with E-state index in [0.717, 1.165) is 3.57 Å². The number of anilines is 1. The first-order chi connectivity index (χ1) is 12.4. The first-order valence-corrected chi connectivity index (χ1v) is 9.67. The molecule has 2 rings (SSSR count). The molecule has 0 aliphatic heterocycles. The molecule has 0 fully saturated rings. The fraction of sp³-hybridized carbons (Fsp3) is 0.263. The van der Waals surface area contributed by atoms with E-state index in [0.29, 0.717) is 35.1 Å². The SMILES string of the molecule is CCN(CC)C(=O)COc1ccc(NC(=O)c2cccc(I)c2)cc1Cl. The lowest BCUT2D eigenvalue weighted by atomic mass is 10.2. The fourth-order valence-electron chi connectivity index (χ4n) is 2.34. The van der Waals surface area contributed by atoms with Crippen LogP contribution in [0.5, 0.6) is 5.75 Å². The van der Waals surface area contributed by atoms with Gasteiger partial charge < -0.3 is 15.0 Å². The second-order valence-electron chi connectivity index (χ2n) is 5.46. The Morgan fingerprint density at radius 3 is 2.50 bits per heavy atom. The Hall–Kier alpha value is -1.80. The molecule has 0 bridgehead atoms. The van der Waals surface area contributed by atoms with Gasteiger partial charge >= 0.3 is 0 Å². The summed E-state index contributed by atoms with van der Waals surface area (Å²) in [4.78, 5) is 26.0. The van der Waals surface area contributed by atoms with E-state index in [-0.39, 0.29) is 18.4 Å². The van der Waals surface area contributed by atoms with Gasteiger partial charge in [-0.3, -0.25) is 9.59 Å². The van der Waals surface area contributed by atoms with Gasteiger partial charge in [-0.25, -0.2) is 0 Å². The van der Waals surface area contributed by atoms with Gasteiger partial charge in [0.1, 0.15) is 5.75 Å². The van der Waals surface area contributed by atoms with Gasteiger partial charge in [-0.2, -0.15) is 0 Å². The summed E-state index contributed by atoms with van der Waals surface area (Å²) in [5, 5.41) is 3.13. The average Bonchev–Trinajstić information content (AvgIpc) is 2.62. The molecule has 5 nitrogen and oxygen atoms in total. The van der Waals surface area contributed by atoms with Crippen LogP contribution in [0.25, 0.3) is 0 Å². The van der Waals surface area contributed by atoms with E-state index in [4.69, 9.17) is 16.3 Å². The highest BCUT2D eigenvalue weighted by Crippen LogP contribution is 2.28. The number of rotatable bonds is 7. The largest absolute Gasteiger partial charge is 0.482 e. The molecular weight excluding hydrogens is 467 g/mol. The van der Waals surface area contributed by atoms with Crippen LogP contribution in [0.4, 0.5) is 5.69 Å². The number of amides is 2. The average molecular weight is 487 g/mol. The summed E-state index contributed by atoms with van der Waals surface area (Å²) in [7, 11) is 0. The molecule has 2 aromatic carbocycles. The molecule has 7 heteroatoms. The van der Waals surface area contributed by atoms with Crippen LogP contribution in [-0.2, 0) is 4.79 Å². The zero-order valence-electron chi connectivity index (χ0n) is 14.6. The van der Waals surface area contributed by atoms with Crippen molar-refractivity contribution in [3.63, 3.8) is 0 Å². The van der Waals surface area contributed by atoms with E-state index in [1.807, 2.05) is 26.0 Å². The Balaban J connectivity index is 2.00. The maximum Gasteiger partial charge on any atom is 0.260 e. The predicted molar refractivity (Wildman–Crippen MR) is 112 cm³/mol. The molecule has 0 aliphatic carbocycles. The summed E-state index contributed by atoms with van der Waals surface area (Å²) in [5.74, 6) is 0.0894. The molecule has 0 saturated carbocycles. The summed E-state index contributed by atoms with van der Waals surface area (Å²) in [6.45, 7) is 5.03. The molecule has 0 spiro atoms. The lowest BCUT2D eigenvalue weighted by Crippen LogP contribution is -2.34. The second kappa shape index (κ2) is 9.78. The smallest absolute Gasteiger partial charge is 0.260 e. The summed E-state index contributed by atoms with van der Waals surface area (Å²) in [6, 6.07) is 12.2. The van der Waals surface area contributed by atoms with Crippen molar-refractivity contribution in [2.75, 3.05) is 25.0 Å². The number of hydrogen-bond donors (Lipinski definition) is 1. The molecule has 0 aliphatic rings. The maximum atomic E-state index is 12.3. The molecule has 0 radical (unpaired) electrons. The molecule has 0 atom stereocenters. The molecular formula is C19H20ClIN2O3. The van der Waals surface area contributed by atoms with Crippen molar-refractivity contribution in [2.45, 2.75) is 13.8 Å². The van der Waals surface area contributed by atoms with Crippen molar-refractivity contribution in [1.82, 2.24) is 4.90 Å². The van der Waals surface area contributed by atoms with Crippen molar-refractivity contribution in [3.05, 3.63) is 56.6 Å². The van der Waals surface area contributed by atoms with Gasteiger partial charge in [0.15, 0.2) is 6.61 Å². The van der Waals surface area contributed by atoms with Crippen molar-refractivity contribution >= 4 is 51.7 Å². The third kappa shape index (κ3) is 5.60. The molecule has 138 valence electrons. The molecule has 0 unspecified atom stereocenters. The molecule has 0 saturated heterocycles. The van der Waals surface area contributed by atoms with Gasteiger partial charge in [-0.05, 0) is 72.8 Å². The topological polar surface area (TPSA) is 58.6 Å². The predicted octanol–water partition coefficient (Wildman–Crippen LogP) is 4.44. The number of carbonyl (C=O) groups is 2. The number of halogens is 2. The van der Waals surface area contributed by atoms with Crippen LogP contribution >= 0.6 is 34.2 Å². The number of likely N-dealkylation sites (N-methyl/N-ethyl adjacent to an activating group) is 1. The highest BCUT2D eigenvalue weighted by atomic mass is 127. The summed E-state index contributed by atoms with van der Waals surface area (Å²) >= 11 is 8.37. The summed E-state index contributed by atoms with van der Waals surface area (Å²) < 4.78 is 6.49. The Labute approximate surface area is 171 Å². The number of nitrogens with zero attached hydrogens (tertiary/aromatic N) is 1. The van der Waals surface area contributed by atoms with Crippen molar-refractivity contribution in [1.29, 1.82) is 0 Å². The van der Waals surface area contributed by atoms with Crippen molar-refractivity contribution in [3.8, 4) is 5.75 Å². The highest BCUT2D eigenvalue weighted by Gasteiger charge is 2.12. The normalized spacial score (nSPS) is 10.3. The van der Waals surface area contributed by atoms with E-state index >= 15 is 0 Å². The van der Waals surface area contributed by atoms with E-state index in [1.165, 1.54) is 0 Å². The second-order valence-corrected chi connectivity index (χ2v) is 7.12. The first-order valence-electron chi connectivity index (χ1n) is 8.21. The minimum absolute atomic E-state index is 0.0739. The van der Waals surface area contributed by atoms with Crippen LogP contribution in [0.15, 0.2) is 42.5 Å². The third-order valence-electron chi connectivity index (χ3n) is 3.74. The molecule has 2 amide bonds. The lowest BCUT2D eigenvalue weighted by molar-refractivity contribution is -0.132. The van der Waals surface area contributed by atoms with Crippen LogP contribution in [0.2, 0.25) is 5.02 Å². The molecule has 1 N–H and O–H groups in total. The van der Waals surface area contributed by atoms with E-state index in [9.17, 15) is 9.59 Å².